The van der Waals surface area contributed by atoms with Gasteiger partial charge in [0.2, 0.25) is 5.91 Å². The molecule has 0 spiro atoms. The van der Waals surface area contributed by atoms with Crippen LogP contribution in [0.2, 0.25) is 0 Å². The van der Waals surface area contributed by atoms with Crippen LogP contribution in [-0.2, 0) is 4.79 Å². The van der Waals surface area contributed by atoms with Crippen molar-refractivity contribution < 1.29 is 9.59 Å². The zero-order valence-corrected chi connectivity index (χ0v) is 13.2. The molecular weight excluding hydrogens is 270 g/mol. The van der Waals surface area contributed by atoms with Gasteiger partial charge in [-0.1, -0.05) is 19.8 Å². The van der Waals surface area contributed by atoms with Gasteiger partial charge in [0, 0.05) is 17.8 Å². The van der Waals surface area contributed by atoms with Crippen LogP contribution in [0.3, 0.4) is 0 Å². The number of ketones is 1. The van der Waals surface area contributed by atoms with E-state index in [2.05, 4.69) is 6.92 Å². The largest absolute Gasteiger partial charge is 0.335 e. The van der Waals surface area contributed by atoms with Crippen LogP contribution in [0.15, 0.2) is 12.1 Å². The Hall–Kier alpha value is -1.16. The fourth-order valence-corrected chi connectivity index (χ4v) is 3.59. The summed E-state index contributed by atoms with van der Waals surface area (Å²) >= 11 is 1.51. The van der Waals surface area contributed by atoms with Crippen LogP contribution < -0.4 is 0 Å². The molecule has 1 saturated heterocycles. The lowest BCUT2D eigenvalue weighted by Gasteiger charge is -2.19. The molecule has 2 heterocycles. The van der Waals surface area contributed by atoms with Crippen molar-refractivity contribution in [2.75, 3.05) is 13.1 Å². The van der Waals surface area contributed by atoms with E-state index in [1.807, 2.05) is 19.1 Å². The lowest BCUT2D eigenvalue weighted by molar-refractivity contribution is -0.130. The Bertz CT molecular complexity index is 481. The van der Waals surface area contributed by atoms with Crippen LogP contribution in [0.4, 0.5) is 0 Å². The van der Waals surface area contributed by atoms with Crippen molar-refractivity contribution in [1.29, 1.82) is 0 Å². The topological polar surface area (TPSA) is 37.4 Å². The van der Waals surface area contributed by atoms with Gasteiger partial charge < -0.3 is 4.90 Å². The minimum Gasteiger partial charge on any atom is -0.335 e. The summed E-state index contributed by atoms with van der Waals surface area (Å²) in [5.74, 6) is 0.864. The van der Waals surface area contributed by atoms with E-state index in [0.29, 0.717) is 12.3 Å². The van der Waals surface area contributed by atoms with Crippen LogP contribution in [-0.4, -0.2) is 29.7 Å². The molecule has 3 nitrogen and oxygen atoms in total. The van der Waals surface area contributed by atoms with E-state index in [4.69, 9.17) is 0 Å². The molecule has 1 aromatic rings. The summed E-state index contributed by atoms with van der Waals surface area (Å²) in [5, 5.41) is 0. The zero-order chi connectivity index (χ0) is 14.5. The van der Waals surface area contributed by atoms with Crippen LogP contribution in [0.25, 0.3) is 0 Å². The number of hydrogen-bond donors (Lipinski definition) is 0. The highest BCUT2D eigenvalue weighted by molar-refractivity contribution is 7.14. The number of amides is 1. The number of thiophene rings is 1. The third kappa shape index (κ3) is 3.92. The fourth-order valence-electron chi connectivity index (χ4n) is 2.79. The molecule has 1 aromatic heterocycles. The number of rotatable bonds is 5. The molecule has 1 aliphatic rings. The smallest absolute Gasteiger partial charge is 0.222 e. The van der Waals surface area contributed by atoms with Crippen molar-refractivity contribution in [1.82, 2.24) is 4.90 Å². The predicted octanol–water partition coefficient (Wildman–Crippen LogP) is 3.67. The van der Waals surface area contributed by atoms with Crippen molar-refractivity contribution in [3.63, 3.8) is 0 Å². The number of carbonyl (C=O) groups is 2. The average molecular weight is 293 g/mol. The van der Waals surface area contributed by atoms with Gasteiger partial charge in [0.15, 0.2) is 5.78 Å². The average Bonchev–Trinajstić information content (AvgIpc) is 2.79. The molecule has 4 heteroatoms. The quantitative estimate of drug-likeness (QED) is 0.777. The Morgan fingerprint density at radius 1 is 1.40 bits per heavy atom. The Kier molecular flexibility index (Phi) is 5.35. The van der Waals surface area contributed by atoms with E-state index in [9.17, 15) is 9.59 Å². The van der Waals surface area contributed by atoms with Gasteiger partial charge in [0.25, 0.3) is 0 Å². The molecule has 110 valence electrons. The monoisotopic (exact) mass is 293 g/mol. The zero-order valence-electron chi connectivity index (χ0n) is 12.4. The highest BCUT2D eigenvalue weighted by Crippen LogP contribution is 2.23. The highest BCUT2D eigenvalue weighted by atomic mass is 32.1. The standard InChI is InChI=1S/C16H23NO2S/c1-3-4-13-6-8-16(19)17(10-9-13)11-14(18)15-7-5-12(2)20-15/h5,7,13H,3-4,6,8-11H2,1-2H3. The van der Waals surface area contributed by atoms with Crippen molar-refractivity contribution in [2.24, 2.45) is 5.92 Å². The minimum atomic E-state index is 0.0744. The number of Topliss-reactive ketones (excluding diaryl/α,β-unsaturated/α-hetero) is 1. The van der Waals surface area contributed by atoms with Gasteiger partial charge in [-0.25, -0.2) is 0 Å². The number of aryl methyl sites for hydroxylation is 1. The molecule has 1 aliphatic heterocycles. The Labute approximate surface area is 125 Å². The molecule has 0 aliphatic carbocycles. The van der Waals surface area contributed by atoms with Crippen molar-refractivity contribution >= 4 is 23.0 Å². The molecule has 0 aromatic carbocycles. The summed E-state index contributed by atoms with van der Waals surface area (Å²) in [4.78, 5) is 28.0. The molecule has 1 unspecified atom stereocenters. The first-order valence-corrected chi connectivity index (χ1v) is 8.29. The molecule has 1 fully saturated rings. The molecule has 1 amide bonds. The van der Waals surface area contributed by atoms with Crippen molar-refractivity contribution in [2.45, 2.75) is 46.0 Å². The van der Waals surface area contributed by atoms with E-state index >= 15 is 0 Å². The van der Waals surface area contributed by atoms with Gasteiger partial charge in [0.1, 0.15) is 0 Å². The summed E-state index contributed by atoms with van der Waals surface area (Å²) in [7, 11) is 0. The van der Waals surface area contributed by atoms with E-state index in [-0.39, 0.29) is 18.2 Å². The first-order valence-electron chi connectivity index (χ1n) is 7.47. The first-order chi connectivity index (χ1) is 9.60. The first kappa shape index (κ1) is 15.2. The second-order valence-corrected chi connectivity index (χ2v) is 6.92. The van der Waals surface area contributed by atoms with Gasteiger partial charge >= 0.3 is 0 Å². The van der Waals surface area contributed by atoms with Crippen LogP contribution in [0.5, 0.6) is 0 Å². The number of nitrogens with zero attached hydrogens (tertiary/aromatic N) is 1. The van der Waals surface area contributed by atoms with Crippen LogP contribution in [0, 0.1) is 12.8 Å². The molecule has 0 saturated carbocycles. The second kappa shape index (κ2) is 7.02. The molecule has 0 N–H and O–H groups in total. The van der Waals surface area contributed by atoms with E-state index in [1.165, 1.54) is 24.2 Å². The number of hydrogen-bond acceptors (Lipinski definition) is 3. The predicted molar refractivity (Wildman–Crippen MR) is 82.2 cm³/mol. The Balaban J connectivity index is 1.94. The fraction of sp³-hybridized carbons (Fsp3) is 0.625. The molecule has 2 rings (SSSR count). The summed E-state index contributed by atoms with van der Waals surface area (Å²) in [6, 6.07) is 3.82. The maximum Gasteiger partial charge on any atom is 0.222 e. The SMILES string of the molecule is CCCC1CCC(=O)N(CC(=O)c2ccc(C)s2)CC1. The van der Waals surface area contributed by atoms with E-state index < -0.39 is 0 Å². The van der Waals surface area contributed by atoms with E-state index in [0.717, 1.165) is 29.1 Å². The molecule has 0 radical (unpaired) electrons. The van der Waals surface area contributed by atoms with Crippen LogP contribution >= 0.6 is 11.3 Å². The summed E-state index contributed by atoms with van der Waals surface area (Å²) in [6.45, 7) is 5.16. The number of carbonyl (C=O) groups excluding carboxylic acids is 2. The maximum absolute atomic E-state index is 12.2. The molecule has 0 bridgehead atoms. The lowest BCUT2D eigenvalue weighted by Crippen LogP contribution is -2.35. The Morgan fingerprint density at radius 3 is 2.85 bits per heavy atom. The lowest BCUT2D eigenvalue weighted by atomic mass is 9.96. The second-order valence-electron chi connectivity index (χ2n) is 5.63. The third-order valence-electron chi connectivity index (χ3n) is 3.97. The summed E-state index contributed by atoms with van der Waals surface area (Å²) in [6.07, 6.45) is 4.98. The van der Waals surface area contributed by atoms with Gasteiger partial charge in [0.05, 0.1) is 11.4 Å². The third-order valence-corrected chi connectivity index (χ3v) is 5.01. The normalized spacial score (nSPS) is 20.0. The Morgan fingerprint density at radius 2 is 2.20 bits per heavy atom. The van der Waals surface area contributed by atoms with Crippen LogP contribution in [0.1, 0.15) is 53.6 Å². The molecular formula is C16H23NO2S. The number of likely N-dealkylation sites (tertiary alicyclic amines) is 1. The maximum atomic E-state index is 12.2. The minimum absolute atomic E-state index is 0.0744. The van der Waals surface area contributed by atoms with Crippen molar-refractivity contribution in [3.05, 3.63) is 21.9 Å². The van der Waals surface area contributed by atoms with Crippen molar-refractivity contribution in [3.8, 4) is 0 Å². The summed E-state index contributed by atoms with van der Waals surface area (Å²) < 4.78 is 0. The molecule has 1 atom stereocenters. The van der Waals surface area contributed by atoms with Gasteiger partial charge in [-0.05, 0) is 37.8 Å². The van der Waals surface area contributed by atoms with Gasteiger partial charge in [-0.3, -0.25) is 9.59 Å². The highest BCUT2D eigenvalue weighted by Gasteiger charge is 2.24. The van der Waals surface area contributed by atoms with Gasteiger partial charge in [-0.2, -0.15) is 0 Å². The molecule has 20 heavy (non-hydrogen) atoms. The van der Waals surface area contributed by atoms with E-state index in [1.54, 1.807) is 4.90 Å². The van der Waals surface area contributed by atoms with Gasteiger partial charge in [-0.15, -0.1) is 11.3 Å². The summed E-state index contributed by atoms with van der Waals surface area (Å²) in [5.41, 5.74) is 0.